The molecule has 0 amide bonds. The van der Waals surface area contributed by atoms with Gasteiger partial charge in [0.1, 0.15) is 11.8 Å². The number of nitrogens with zero attached hydrogens (tertiary/aromatic N) is 1. The molecule has 0 spiro atoms. The largest absolute Gasteiger partial charge is 0.383 e. The summed E-state index contributed by atoms with van der Waals surface area (Å²) in [5.41, 5.74) is 6.32. The average Bonchev–Trinajstić information content (AvgIpc) is 2.35. The maximum Gasteiger partial charge on any atom is 0.253 e. The predicted octanol–water partition coefficient (Wildman–Crippen LogP) is 1.62. The van der Waals surface area contributed by atoms with Gasteiger partial charge < -0.3 is 15.5 Å². The zero-order valence-corrected chi connectivity index (χ0v) is 10.4. The smallest absolute Gasteiger partial charge is 0.253 e. The molecule has 0 fully saturated rings. The van der Waals surface area contributed by atoms with Crippen molar-refractivity contribution in [2.75, 3.05) is 11.7 Å². The number of aromatic amines is 1. The van der Waals surface area contributed by atoms with Crippen LogP contribution in [0.5, 0.6) is 0 Å². The maximum absolute atomic E-state index is 11.1. The van der Waals surface area contributed by atoms with Crippen LogP contribution in [0.3, 0.4) is 0 Å². The standard InChI is InChI=1S/C12H13N3O2S/c13-10-6-11(16)15-12(14-10)18-8-17-7-9-4-2-1-3-5-9/h1-6H,7-8H2,(H3,13,14,15,16). The second-order valence-electron chi connectivity index (χ2n) is 3.57. The molecule has 0 aliphatic heterocycles. The van der Waals surface area contributed by atoms with E-state index in [0.29, 0.717) is 17.7 Å². The fourth-order valence-corrected chi connectivity index (χ4v) is 1.97. The highest BCUT2D eigenvalue weighted by molar-refractivity contribution is 7.99. The van der Waals surface area contributed by atoms with Crippen LogP contribution < -0.4 is 11.3 Å². The zero-order chi connectivity index (χ0) is 12.8. The summed E-state index contributed by atoms with van der Waals surface area (Å²) in [5.74, 6) is 0.616. The van der Waals surface area contributed by atoms with Crippen molar-refractivity contribution in [3.05, 3.63) is 52.3 Å². The van der Waals surface area contributed by atoms with Gasteiger partial charge in [0, 0.05) is 6.07 Å². The number of nitrogens with one attached hydrogen (secondary N) is 1. The van der Waals surface area contributed by atoms with E-state index in [1.165, 1.54) is 17.8 Å². The highest BCUT2D eigenvalue weighted by Crippen LogP contribution is 2.13. The predicted molar refractivity (Wildman–Crippen MR) is 71.2 cm³/mol. The number of H-pyrrole nitrogens is 1. The third-order valence-electron chi connectivity index (χ3n) is 2.13. The number of aromatic nitrogens is 2. The Morgan fingerprint density at radius 3 is 2.83 bits per heavy atom. The van der Waals surface area contributed by atoms with Gasteiger partial charge in [-0.05, 0) is 5.56 Å². The third kappa shape index (κ3) is 3.90. The van der Waals surface area contributed by atoms with Gasteiger partial charge in [-0.3, -0.25) is 4.79 Å². The lowest BCUT2D eigenvalue weighted by atomic mass is 10.2. The first kappa shape index (κ1) is 12.7. The van der Waals surface area contributed by atoms with E-state index >= 15 is 0 Å². The average molecular weight is 263 g/mol. The molecule has 2 rings (SSSR count). The van der Waals surface area contributed by atoms with E-state index in [9.17, 15) is 4.79 Å². The van der Waals surface area contributed by atoms with Crippen LogP contribution in [0, 0.1) is 0 Å². The summed E-state index contributed by atoms with van der Waals surface area (Å²) in [6, 6.07) is 11.1. The Morgan fingerprint density at radius 2 is 2.11 bits per heavy atom. The number of anilines is 1. The number of ether oxygens (including phenoxy) is 1. The first-order chi connectivity index (χ1) is 8.74. The van der Waals surface area contributed by atoms with Crippen LogP contribution in [0.1, 0.15) is 5.56 Å². The monoisotopic (exact) mass is 263 g/mol. The summed E-state index contributed by atoms with van der Waals surface area (Å²) < 4.78 is 5.46. The fraction of sp³-hybridized carbons (Fsp3) is 0.167. The Balaban J connectivity index is 1.80. The first-order valence-electron chi connectivity index (χ1n) is 5.35. The molecule has 0 saturated carbocycles. The molecule has 5 nitrogen and oxygen atoms in total. The van der Waals surface area contributed by atoms with E-state index in [1.54, 1.807) is 0 Å². The van der Waals surface area contributed by atoms with Gasteiger partial charge in [0.25, 0.3) is 5.56 Å². The number of thioether (sulfide) groups is 1. The lowest BCUT2D eigenvalue weighted by Gasteiger charge is -2.04. The molecule has 0 atom stereocenters. The minimum Gasteiger partial charge on any atom is -0.383 e. The topological polar surface area (TPSA) is 81.0 Å². The SMILES string of the molecule is Nc1cc(=O)[nH]c(SCOCc2ccccc2)n1. The van der Waals surface area contributed by atoms with Crippen molar-refractivity contribution in [1.82, 2.24) is 9.97 Å². The molecular formula is C12H13N3O2S. The second-order valence-corrected chi connectivity index (χ2v) is 4.48. The van der Waals surface area contributed by atoms with Crippen molar-refractivity contribution in [3.8, 4) is 0 Å². The van der Waals surface area contributed by atoms with Gasteiger partial charge in [0.05, 0.1) is 6.61 Å². The van der Waals surface area contributed by atoms with Crippen molar-refractivity contribution in [2.45, 2.75) is 11.8 Å². The normalized spacial score (nSPS) is 10.4. The maximum atomic E-state index is 11.1. The van der Waals surface area contributed by atoms with Gasteiger partial charge >= 0.3 is 0 Å². The fourth-order valence-electron chi connectivity index (χ4n) is 1.35. The molecule has 0 radical (unpaired) electrons. The summed E-state index contributed by atoms with van der Waals surface area (Å²) in [6.07, 6.45) is 0. The number of benzene rings is 1. The zero-order valence-electron chi connectivity index (χ0n) is 9.63. The summed E-state index contributed by atoms with van der Waals surface area (Å²) in [5, 5.41) is 0.466. The molecule has 94 valence electrons. The van der Waals surface area contributed by atoms with Gasteiger partial charge in [-0.2, -0.15) is 0 Å². The van der Waals surface area contributed by atoms with Gasteiger partial charge in [0.15, 0.2) is 5.16 Å². The van der Waals surface area contributed by atoms with Crippen LogP contribution in [0.15, 0.2) is 46.3 Å². The van der Waals surface area contributed by atoms with Gasteiger partial charge in [-0.15, -0.1) is 0 Å². The Labute approximate surface area is 108 Å². The van der Waals surface area contributed by atoms with Gasteiger partial charge in [-0.25, -0.2) is 4.98 Å². The molecule has 1 aromatic heterocycles. The minimum atomic E-state index is -0.256. The second kappa shape index (κ2) is 6.23. The Kier molecular flexibility index (Phi) is 4.38. The highest BCUT2D eigenvalue weighted by Gasteiger charge is 1.99. The number of hydrogen-bond donors (Lipinski definition) is 2. The highest BCUT2D eigenvalue weighted by atomic mass is 32.2. The van der Waals surface area contributed by atoms with Gasteiger partial charge in [-0.1, -0.05) is 42.1 Å². The van der Waals surface area contributed by atoms with Crippen molar-refractivity contribution in [1.29, 1.82) is 0 Å². The molecule has 0 aliphatic rings. The molecule has 2 aromatic rings. The Hall–Kier alpha value is -1.79. The summed E-state index contributed by atoms with van der Waals surface area (Å²) in [7, 11) is 0. The molecule has 0 unspecified atom stereocenters. The van der Waals surface area contributed by atoms with Crippen LogP contribution in [0.25, 0.3) is 0 Å². The van der Waals surface area contributed by atoms with Crippen molar-refractivity contribution in [2.24, 2.45) is 0 Å². The third-order valence-corrected chi connectivity index (χ3v) is 2.88. The van der Waals surface area contributed by atoms with E-state index in [4.69, 9.17) is 10.5 Å². The van der Waals surface area contributed by atoms with Crippen LogP contribution in [0.4, 0.5) is 5.82 Å². The molecular weight excluding hydrogens is 250 g/mol. The van der Waals surface area contributed by atoms with Crippen LogP contribution in [-0.2, 0) is 11.3 Å². The molecule has 0 aliphatic carbocycles. The Bertz CT molecular complexity index is 557. The van der Waals surface area contributed by atoms with Crippen molar-refractivity contribution < 1.29 is 4.74 Å². The van der Waals surface area contributed by atoms with E-state index in [-0.39, 0.29) is 11.4 Å². The summed E-state index contributed by atoms with van der Waals surface area (Å²) in [6.45, 7) is 0.528. The lowest BCUT2D eigenvalue weighted by molar-refractivity contribution is 0.169. The minimum absolute atomic E-state index is 0.212. The van der Waals surface area contributed by atoms with Crippen LogP contribution in [0.2, 0.25) is 0 Å². The van der Waals surface area contributed by atoms with E-state index in [1.807, 2.05) is 30.3 Å². The van der Waals surface area contributed by atoms with Crippen LogP contribution >= 0.6 is 11.8 Å². The molecule has 3 N–H and O–H groups in total. The number of nitrogens with two attached hydrogens (primary N) is 1. The van der Waals surface area contributed by atoms with E-state index < -0.39 is 0 Å². The van der Waals surface area contributed by atoms with Crippen molar-refractivity contribution >= 4 is 17.6 Å². The molecule has 18 heavy (non-hydrogen) atoms. The molecule has 1 heterocycles. The number of nitrogen functional groups attached to an aromatic ring is 1. The molecule has 0 bridgehead atoms. The molecule has 1 aromatic carbocycles. The molecule has 6 heteroatoms. The molecule has 0 saturated heterocycles. The van der Waals surface area contributed by atoms with Crippen LogP contribution in [-0.4, -0.2) is 15.9 Å². The summed E-state index contributed by atoms with van der Waals surface area (Å²) in [4.78, 5) is 17.7. The van der Waals surface area contributed by atoms with Crippen molar-refractivity contribution in [3.63, 3.8) is 0 Å². The Morgan fingerprint density at radius 1 is 1.33 bits per heavy atom. The van der Waals surface area contributed by atoms with E-state index in [2.05, 4.69) is 9.97 Å². The van der Waals surface area contributed by atoms with E-state index in [0.717, 1.165) is 5.56 Å². The van der Waals surface area contributed by atoms with Gasteiger partial charge in [0.2, 0.25) is 0 Å². The quantitative estimate of drug-likeness (QED) is 0.371. The number of hydrogen-bond acceptors (Lipinski definition) is 5. The lowest BCUT2D eigenvalue weighted by Crippen LogP contribution is -2.09. The first-order valence-corrected chi connectivity index (χ1v) is 6.34. The number of rotatable bonds is 5. The summed E-state index contributed by atoms with van der Waals surface area (Å²) >= 11 is 1.30.